The number of anilines is 1. The first kappa shape index (κ1) is 19.4. The molecule has 0 saturated heterocycles. The number of hydrogen-bond donors (Lipinski definition) is 2. The van der Waals surface area contributed by atoms with Gasteiger partial charge in [0, 0.05) is 17.3 Å². The minimum atomic E-state index is -0.0569. The fourth-order valence-corrected chi connectivity index (χ4v) is 7.29. The van der Waals surface area contributed by atoms with Gasteiger partial charge in [0.05, 0.1) is 6.04 Å². The number of fused-ring (bicyclic) bond motifs is 3. The Morgan fingerprint density at radius 2 is 1.79 bits per heavy atom. The van der Waals surface area contributed by atoms with Crippen LogP contribution >= 0.6 is 0 Å². The Morgan fingerprint density at radius 1 is 1.03 bits per heavy atom. The summed E-state index contributed by atoms with van der Waals surface area (Å²) < 4.78 is 2.30. The SMILES string of the molecule is CC12CCC(C1)C(C)(C)C2NC(=O)Nc1nn(C2CCCCC2)c2c1CCCC2. The van der Waals surface area contributed by atoms with Crippen molar-refractivity contribution in [3.8, 4) is 0 Å². The molecule has 160 valence electrons. The van der Waals surface area contributed by atoms with Gasteiger partial charge >= 0.3 is 6.03 Å². The van der Waals surface area contributed by atoms with E-state index in [9.17, 15) is 4.79 Å². The minimum absolute atomic E-state index is 0.0569. The molecule has 2 bridgehead atoms. The minimum Gasteiger partial charge on any atom is -0.334 e. The predicted molar refractivity (Wildman–Crippen MR) is 116 cm³/mol. The van der Waals surface area contributed by atoms with Crippen LogP contribution in [0, 0.1) is 16.7 Å². The van der Waals surface area contributed by atoms with E-state index in [1.165, 1.54) is 75.5 Å². The summed E-state index contributed by atoms with van der Waals surface area (Å²) in [5.74, 6) is 1.56. The van der Waals surface area contributed by atoms with Crippen molar-refractivity contribution in [2.24, 2.45) is 16.7 Å². The molecule has 5 nitrogen and oxygen atoms in total. The van der Waals surface area contributed by atoms with Gasteiger partial charge in [-0.1, -0.05) is 40.0 Å². The monoisotopic (exact) mass is 398 g/mol. The van der Waals surface area contributed by atoms with E-state index in [0.29, 0.717) is 6.04 Å². The summed E-state index contributed by atoms with van der Waals surface area (Å²) in [6.07, 6.45) is 14.8. The number of aromatic nitrogens is 2. The average Bonchev–Trinajstić information content (AvgIpc) is 3.33. The molecule has 0 radical (unpaired) electrons. The van der Waals surface area contributed by atoms with E-state index in [4.69, 9.17) is 5.10 Å². The van der Waals surface area contributed by atoms with Crippen molar-refractivity contribution in [1.29, 1.82) is 0 Å². The van der Waals surface area contributed by atoms with Crippen LogP contribution in [0.25, 0.3) is 0 Å². The number of urea groups is 1. The van der Waals surface area contributed by atoms with Crippen LogP contribution in [0.5, 0.6) is 0 Å². The molecule has 0 aromatic carbocycles. The normalized spacial score (nSPS) is 33.5. The Labute approximate surface area is 175 Å². The summed E-state index contributed by atoms with van der Waals surface area (Å²) in [4.78, 5) is 13.1. The lowest BCUT2D eigenvalue weighted by Gasteiger charge is -2.43. The van der Waals surface area contributed by atoms with Gasteiger partial charge in [0.1, 0.15) is 0 Å². The molecule has 3 atom stereocenters. The Balaban J connectivity index is 1.35. The summed E-state index contributed by atoms with van der Waals surface area (Å²) in [5, 5.41) is 11.6. The summed E-state index contributed by atoms with van der Waals surface area (Å²) in [6, 6.07) is 0.709. The van der Waals surface area contributed by atoms with Crippen LogP contribution in [0.15, 0.2) is 0 Å². The Bertz CT molecular complexity index is 786. The molecule has 1 heterocycles. The molecule has 4 aliphatic carbocycles. The molecular weight excluding hydrogens is 360 g/mol. The van der Waals surface area contributed by atoms with Crippen molar-refractivity contribution < 1.29 is 4.79 Å². The van der Waals surface area contributed by atoms with Gasteiger partial charge in [-0.2, -0.15) is 5.10 Å². The number of carbonyl (C=O) groups is 1. The Hall–Kier alpha value is -1.52. The highest BCUT2D eigenvalue weighted by atomic mass is 16.2. The first-order valence-corrected chi connectivity index (χ1v) is 12.1. The van der Waals surface area contributed by atoms with Gasteiger partial charge in [-0.05, 0) is 74.5 Å². The van der Waals surface area contributed by atoms with Crippen molar-refractivity contribution in [3.63, 3.8) is 0 Å². The number of rotatable bonds is 3. The molecule has 0 aliphatic heterocycles. The predicted octanol–water partition coefficient (Wildman–Crippen LogP) is 5.60. The van der Waals surface area contributed by atoms with E-state index in [0.717, 1.165) is 24.6 Å². The van der Waals surface area contributed by atoms with Crippen LogP contribution in [0.1, 0.15) is 102 Å². The zero-order valence-corrected chi connectivity index (χ0v) is 18.5. The molecule has 3 fully saturated rings. The van der Waals surface area contributed by atoms with E-state index >= 15 is 0 Å². The van der Waals surface area contributed by atoms with E-state index in [1.807, 2.05) is 0 Å². The van der Waals surface area contributed by atoms with Gasteiger partial charge in [0.2, 0.25) is 0 Å². The van der Waals surface area contributed by atoms with E-state index in [1.54, 1.807) is 0 Å². The maximum Gasteiger partial charge on any atom is 0.320 e. The number of amides is 2. The molecule has 2 amide bonds. The van der Waals surface area contributed by atoms with Crippen molar-refractivity contribution in [2.45, 2.75) is 110 Å². The molecule has 5 heteroatoms. The van der Waals surface area contributed by atoms with Crippen LogP contribution in [-0.2, 0) is 12.8 Å². The Morgan fingerprint density at radius 3 is 2.52 bits per heavy atom. The van der Waals surface area contributed by atoms with Gasteiger partial charge in [0.25, 0.3) is 0 Å². The van der Waals surface area contributed by atoms with Gasteiger partial charge in [0.15, 0.2) is 5.82 Å². The third kappa shape index (κ3) is 3.19. The number of nitrogens with one attached hydrogen (secondary N) is 2. The summed E-state index contributed by atoms with van der Waals surface area (Å²) in [7, 11) is 0. The summed E-state index contributed by atoms with van der Waals surface area (Å²) >= 11 is 0. The first-order valence-electron chi connectivity index (χ1n) is 12.1. The maximum atomic E-state index is 13.1. The fraction of sp³-hybridized carbons (Fsp3) is 0.833. The molecule has 5 rings (SSSR count). The van der Waals surface area contributed by atoms with Crippen molar-refractivity contribution in [2.75, 3.05) is 5.32 Å². The van der Waals surface area contributed by atoms with Crippen LogP contribution < -0.4 is 10.6 Å². The fourth-order valence-electron chi connectivity index (χ4n) is 7.29. The van der Waals surface area contributed by atoms with Crippen LogP contribution in [0.4, 0.5) is 10.6 Å². The van der Waals surface area contributed by atoms with E-state index in [-0.39, 0.29) is 22.9 Å². The van der Waals surface area contributed by atoms with Crippen LogP contribution in [0.3, 0.4) is 0 Å². The standard InChI is InChI=1S/C24H38N4O/c1-23(2)16-13-14-24(3,15-16)21(23)26-22(29)25-20-18-11-7-8-12-19(18)28(27-20)17-9-5-4-6-10-17/h16-17,21H,4-15H2,1-3H3,(H2,25,26,27,29). The highest BCUT2D eigenvalue weighted by Crippen LogP contribution is 2.62. The van der Waals surface area contributed by atoms with Gasteiger partial charge in [-0.3, -0.25) is 10.00 Å². The summed E-state index contributed by atoms with van der Waals surface area (Å²) in [5.41, 5.74) is 3.11. The quantitative estimate of drug-likeness (QED) is 0.696. The lowest BCUT2D eigenvalue weighted by atomic mass is 9.68. The lowest BCUT2D eigenvalue weighted by molar-refractivity contribution is 0.116. The third-order valence-corrected chi connectivity index (χ3v) is 8.91. The molecular formula is C24H38N4O. The van der Waals surface area contributed by atoms with Gasteiger partial charge < -0.3 is 5.32 Å². The second kappa shape index (κ2) is 7.02. The first-order chi connectivity index (χ1) is 13.9. The zero-order valence-electron chi connectivity index (χ0n) is 18.5. The van der Waals surface area contributed by atoms with Gasteiger partial charge in [-0.15, -0.1) is 0 Å². The maximum absolute atomic E-state index is 13.1. The highest BCUT2D eigenvalue weighted by molar-refractivity contribution is 5.89. The molecule has 2 N–H and O–H groups in total. The largest absolute Gasteiger partial charge is 0.334 e. The molecule has 29 heavy (non-hydrogen) atoms. The number of hydrogen-bond acceptors (Lipinski definition) is 2. The van der Waals surface area contributed by atoms with Crippen molar-refractivity contribution >= 4 is 11.8 Å². The number of carbonyl (C=O) groups excluding carboxylic acids is 1. The molecule has 3 saturated carbocycles. The molecule has 3 unspecified atom stereocenters. The second-order valence-corrected chi connectivity index (χ2v) is 11.2. The average molecular weight is 399 g/mol. The molecule has 0 spiro atoms. The topological polar surface area (TPSA) is 59.0 Å². The van der Waals surface area contributed by atoms with Crippen molar-refractivity contribution in [1.82, 2.24) is 15.1 Å². The van der Waals surface area contributed by atoms with Crippen molar-refractivity contribution in [3.05, 3.63) is 11.3 Å². The van der Waals surface area contributed by atoms with E-state index < -0.39 is 0 Å². The molecule has 4 aliphatic rings. The van der Waals surface area contributed by atoms with Crippen LogP contribution in [-0.4, -0.2) is 21.9 Å². The summed E-state index contributed by atoms with van der Waals surface area (Å²) in [6.45, 7) is 7.05. The highest BCUT2D eigenvalue weighted by Gasteiger charge is 2.59. The van der Waals surface area contributed by atoms with Crippen LogP contribution in [0.2, 0.25) is 0 Å². The smallest absolute Gasteiger partial charge is 0.320 e. The number of nitrogens with zero attached hydrogens (tertiary/aromatic N) is 2. The van der Waals surface area contributed by atoms with E-state index in [2.05, 4.69) is 36.1 Å². The molecule has 1 aromatic rings. The lowest BCUT2D eigenvalue weighted by Crippen LogP contribution is -2.53. The Kier molecular flexibility index (Phi) is 4.71. The van der Waals surface area contributed by atoms with Gasteiger partial charge in [-0.25, -0.2) is 4.79 Å². The third-order valence-electron chi connectivity index (χ3n) is 8.91. The zero-order chi connectivity index (χ0) is 20.2. The molecule has 1 aromatic heterocycles. The second-order valence-electron chi connectivity index (χ2n) is 11.2.